The predicted octanol–water partition coefficient (Wildman–Crippen LogP) is 2.44. The fourth-order valence-electron chi connectivity index (χ4n) is 1.36. The van der Waals surface area contributed by atoms with Gasteiger partial charge in [0, 0.05) is 19.0 Å². The molecule has 3 nitrogen and oxygen atoms in total. The molecule has 0 fully saturated rings. The fourth-order valence-corrected chi connectivity index (χ4v) is 1.36. The largest absolute Gasteiger partial charge is 0.481 e. The van der Waals surface area contributed by atoms with E-state index >= 15 is 0 Å². The second kappa shape index (κ2) is 9.04. The highest BCUT2D eigenvalue weighted by Crippen LogP contribution is 2.34. The Hall–Kier alpha value is -0.215. The Labute approximate surface area is 99.4 Å². The van der Waals surface area contributed by atoms with Crippen LogP contribution in [0.5, 0.6) is 0 Å². The van der Waals surface area contributed by atoms with Gasteiger partial charge in [-0.15, -0.1) is 12.4 Å². The van der Waals surface area contributed by atoms with Crippen molar-refractivity contribution < 1.29 is 14.6 Å². The number of carbonyl (C=O) groups is 1. The Morgan fingerprint density at radius 2 is 1.93 bits per heavy atom. The van der Waals surface area contributed by atoms with E-state index in [0.29, 0.717) is 25.9 Å². The topological polar surface area (TPSA) is 46.5 Å². The van der Waals surface area contributed by atoms with Crippen molar-refractivity contribution in [2.75, 3.05) is 13.7 Å². The Bertz CT molecular complexity index is 178. The SMILES string of the molecule is Cl.[B]C(CCCC)(CCCOC)C(=O)O. The maximum atomic E-state index is 11.0. The van der Waals surface area contributed by atoms with E-state index in [0.717, 1.165) is 12.8 Å². The number of rotatable bonds is 8. The summed E-state index contributed by atoms with van der Waals surface area (Å²) in [6, 6.07) is 0. The summed E-state index contributed by atoms with van der Waals surface area (Å²) >= 11 is 0. The number of unbranched alkanes of at least 4 members (excludes halogenated alkanes) is 1. The number of carboxylic acid groups (broad SMARTS) is 1. The third-order valence-electron chi connectivity index (χ3n) is 2.37. The zero-order valence-corrected chi connectivity index (χ0v) is 10.3. The molecule has 0 aliphatic carbocycles. The Kier molecular flexibility index (Phi) is 10.4. The molecule has 0 aromatic carbocycles. The summed E-state index contributed by atoms with van der Waals surface area (Å²) in [7, 11) is 7.41. The molecule has 0 saturated carbocycles. The first kappa shape index (κ1) is 17.2. The number of hydrogen-bond acceptors (Lipinski definition) is 2. The van der Waals surface area contributed by atoms with Gasteiger partial charge in [-0.05, 0) is 19.3 Å². The first-order valence-electron chi connectivity index (χ1n) is 5.08. The number of carboxylic acids is 1. The molecule has 5 heteroatoms. The standard InChI is InChI=1S/C10H19BO3.ClH/c1-3-4-6-10(11,9(12)13)7-5-8-14-2;/h3-8H2,1-2H3,(H,12,13);1H. The van der Waals surface area contributed by atoms with E-state index in [2.05, 4.69) is 0 Å². The lowest BCUT2D eigenvalue weighted by Crippen LogP contribution is -2.24. The van der Waals surface area contributed by atoms with Gasteiger partial charge >= 0.3 is 5.97 Å². The van der Waals surface area contributed by atoms with Gasteiger partial charge in [-0.25, -0.2) is 0 Å². The second-order valence-electron chi connectivity index (χ2n) is 3.66. The Morgan fingerprint density at radius 1 is 1.40 bits per heavy atom. The van der Waals surface area contributed by atoms with Crippen LogP contribution in [0.15, 0.2) is 0 Å². The maximum absolute atomic E-state index is 11.0. The van der Waals surface area contributed by atoms with Gasteiger partial charge in [0.15, 0.2) is 0 Å². The van der Waals surface area contributed by atoms with Crippen LogP contribution in [-0.4, -0.2) is 32.6 Å². The van der Waals surface area contributed by atoms with Crippen molar-refractivity contribution in [2.45, 2.75) is 44.3 Å². The van der Waals surface area contributed by atoms with Gasteiger partial charge in [-0.3, -0.25) is 4.79 Å². The van der Waals surface area contributed by atoms with Crippen molar-refractivity contribution in [2.24, 2.45) is 0 Å². The molecule has 0 aliphatic heterocycles. The van der Waals surface area contributed by atoms with Crippen molar-refractivity contribution >= 4 is 26.2 Å². The molecule has 1 N–H and O–H groups in total. The van der Waals surface area contributed by atoms with Gasteiger partial charge in [0.1, 0.15) is 0 Å². The normalized spacial score (nSPS) is 14.0. The summed E-state index contributed by atoms with van der Waals surface area (Å²) in [5.41, 5.74) is 0. The molecule has 0 aliphatic rings. The Morgan fingerprint density at radius 3 is 2.33 bits per heavy atom. The van der Waals surface area contributed by atoms with Gasteiger partial charge < -0.3 is 9.84 Å². The van der Waals surface area contributed by atoms with Crippen LogP contribution in [0.4, 0.5) is 0 Å². The van der Waals surface area contributed by atoms with Gasteiger partial charge in [-0.1, -0.05) is 19.8 Å². The summed E-state index contributed by atoms with van der Waals surface area (Å²) in [6.45, 7) is 2.59. The highest BCUT2D eigenvalue weighted by molar-refractivity contribution is 6.26. The number of methoxy groups -OCH3 is 1. The molecule has 0 heterocycles. The van der Waals surface area contributed by atoms with E-state index < -0.39 is 11.3 Å². The molecule has 0 rings (SSSR count). The highest BCUT2D eigenvalue weighted by atomic mass is 35.5. The lowest BCUT2D eigenvalue weighted by molar-refractivity contribution is -0.141. The molecule has 0 saturated heterocycles. The third-order valence-corrected chi connectivity index (χ3v) is 2.37. The van der Waals surface area contributed by atoms with Crippen LogP contribution in [0, 0.1) is 0 Å². The molecule has 0 amide bonds. The smallest absolute Gasteiger partial charge is 0.300 e. The quantitative estimate of drug-likeness (QED) is 0.518. The number of ether oxygens (including phenoxy) is 1. The van der Waals surface area contributed by atoms with E-state index in [1.54, 1.807) is 7.11 Å². The van der Waals surface area contributed by atoms with Crippen LogP contribution in [0.3, 0.4) is 0 Å². The molecule has 1 unspecified atom stereocenters. The van der Waals surface area contributed by atoms with Crippen LogP contribution in [0.2, 0.25) is 5.31 Å². The van der Waals surface area contributed by atoms with Gasteiger partial charge in [0.05, 0.1) is 7.85 Å². The zero-order valence-electron chi connectivity index (χ0n) is 9.49. The molecule has 2 radical (unpaired) electrons. The van der Waals surface area contributed by atoms with Gasteiger partial charge in [0.2, 0.25) is 0 Å². The van der Waals surface area contributed by atoms with E-state index in [4.69, 9.17) is 17.7 Å². The van der Waals surface area contributed by atoms with Crippen LogP contribution in [-0.2, 0) is 9.53 Å². The average Bonchev–Trinajstić information content (AvgIpc) is 2.15. The molecule has 0 bridgehead atoms. The van der Waals surface area contributed by atoms with Crippen LogP contribution < -0.4 is 0 Å². The molecule has 0 aromatic rings. The molecular formula is C10H20BClO3. The fraction of sp³-hybridized carbons (Fsp3) is 0.900. The lowest BCUT2D eigenvalue weighted by atomic mass is 9.63. The Balaban J connectivity index is 0. The average molecular weight is 235 g/mol. The van der Waals surface area contributed by atoms with Gasteiger partial charge in [-0.2, -0.15) is 0 Å². The number of aliphatic carboxylic acids is 1. The molecule has 1 atom stereocenters. The van der Waals surface area contributed by atoms with Crippen LogP contribution in [0.25, 0.3) is 0 Å². The van der Waals surface area contributed by atoms with Crippen LogP contribution >= 0.6 is 12.4 Å². The van der Waals surface area contributed by atoms with E-state index in [9.17, 15) is 4.79 Å². The molecule has 0 aromatic heterocycles. The van der Waals surface area contributed by atoms with Gasteiger partial charge in [0.25, 0.3) is 0 Å². The molecule has 0 spiro atoms. The first-order valence-corrected chi connectivity index (χ1v) is 5.08. The highest BCUT2D eigenvalue weighted by Gasteiger charge is 2.30. The minimum atomic E-state index is -1.06. The van der Waals surface area contributed by atoms with E-state index in [1.165, 1.54) is 0 Å². The lowest BCUT2D eigenvalue weighted by Gasteiger charge is -2.24. The minimum Gasteiger partial charge on any atom is -0.481 e. The first-order chi connectivity index (χ1) is 6.56. The number of hydrogen-bond donors (Lipinski definition) is 1. The van der Waals surface area contributed by atoms with E-state index in [-0.39, 0.29) is 12.4 Å². The zero-order chi connectivity index (χ0) is 11.0. The van der Waals surface area contributed by atoms with Crippen molar-refractivity contribution in [1.29, 1.82) is 0 Å². The second-order valence-corrected chi connectivity index (χ2v) is 3.66. The van der Waals surface area contributed by atoms with Crippen molar-refractivity contribution in [3.8, 4) is 0 Å². The molecule has 15 heavy (non-hydrogen) atoms. The summed E-state index contributed by atoms with van der Waals surface area (Å²) < 4.78 is 4.87. The maximum Gasteiger partial charge on any atom is 0.300 e. The molecular weight excluding hydrogens is 214 g/mol. The van der Waals surface area contributed by atoms with Crippen molar-refractivity contribution in [3.05, 3.63) is 0 Å². The van der Waals surface area contributed by atoms with Crippen molar-refractivity contribution in [3.63, 3.8) is 0 Å². The third kappa shape index (κ3) is 6.80. The van der Waals surface area contributed by atoms with E-state index in [1.807, 2.05) is 6.92 Å². The summed E-state index contributed by atoms with van der Waals surface area (Å²) in [4.78, 5) is 11.0. The summed E-state index contributed by atoms with van der Waals surface area (Å²) in [5, 5.41) is 7.93. The number of halogens is 1. The summed E-state index contributed by atoms with van der Waals surface area (Å²) in [5.74, 6) is -0.901. The monoisotopic (exact) mass is 234 g/mol. The minimum absolute atomic E-state index is 0. The molecule has 88 valence electrons. The van der Waals surface area contributed by atoms with Crippen molar-refractivity contribution in [1.82, 2.24) is 0 Å². The predicted molar refractivity (Wildman–Crippen MR) is 64.0 cm³/mol. The van der Waals surface area contributed by atoms with Crippen LogP contribution in [0.1, 0.15) is 39.0 Å². The summed E-state index contributed by atoms with van der Waals surface area (Å²) in [6.07, 6.45) is 3.55.